The van der Waals surface area contributed by atoms with E-state index in [9.17, 15) is 0 Å². The van der Waals surface area contributed by atoms with E-state index in [-0.39, 0.29) is 0 Å². The molecule has 0 spiro atoms. The summed E-state index contributed by atoms with van der Waals surface area (Å²) in [5, 5.41) is 3.51. The number of hydrogen-bond acceptors (Lipinski definition) is 5. The van der Waals surface area contributed by atoms with Crippen molar-refractivity contribution in [3.8, 4) is 11.5 Å². The van der Waals surface area contributed by atoms with Crippen LogP contribution in [-0.4, -0.2) is 44.9 Å². The zero-order chi connectivity index (χ0) is 19.6. The third-order valence-electron chi connectivity index (χ3n) is 4.88. The average molecular weight is 385 g/mol. The lowest BCUT2D eigenvalue weighted by molar-refractivity contribution is 0.0342. The van der Waals surface area contributed by atoms with Crippen LogP contribution < -0.4 is 14.8 Å². The van der Waals surface area contributed by atoms with Crippen LogP contribution in [0.25, 0.3) is 0 Å². The Morgan fingerprint density at radius 1 is 0.929 bits per heavy atom. The van der Waals surface area contributed by atoms with Gasteiger partial charge >= 0.3 is 0 Å². The average Bonchev–Trinajstić information content (AvgIpc) is 2.74. The third-order valence-corrected chi connectivity index (χ3v) is 4.88. The van der Waals surface area contributed by atoms with Crippen molar-refractivity contribution in [2.45, 2.75) is 33.0 Å². The van der Waals surface area contributed by atoms with Gasteiger partial charge in [0.25, 0.3) is 0 Å². The van der Waals surface area contributed by atoms with E-state index in [4.69, 9.17) is 14.2 Å². The van der Waals surface area contributed by atoms with E-state index in [1.165, 1.54) is 16.7 Å². The molecule has 1 saturated heterocycles. The molecular weight excluding hydrogens is 352 g/mol. The molecule has 2 aromatic carbocycles. The fourth-order valence-electron chi connectivity index (χ4n) is 3.28. The van der Waals surface area contributed by atoms with Crippen molar-refractivity contribution in [1.82, 2.24) is 10.2 Å². The summed E-state index contributed by atoms with van der Waals surface area (Å²) in [5.74, 6) is 1.60. The van der Waals surface area contributed by atoms with Gasteiger partial charge in [-0.3, -0.25) is 4.90 Å². The molecule has 5 nitrogen and oxygen atoms in total. The van der Waals surface area contributed by atoms with Gasteiger partial charge in [-0.2, -0.15) is 0 Å². The zero-order valence-corrected chi connectivity index (χ0v) is 17.1. The minimum atomic E-state index is 0.704. The first kappa shape index (κ1) is 20.6. The minimum Gasteiger partial charge on any atom is -0.493 e. The van der Waals surface area contributed by atoms with Crippen LogP contribution in [0.15, 0.2) is 42.5 Å². The summed E-state index contributed by atoms with van der Waals surface area (Å²) in [7, 11) is 1.68. The van der Waals surface area contributed by atoms with E-state index >= 15 is 0 Å². The predicted octanol–water partition coefficient (Wildman–Crippen LogP) is 3.61. The fourth-order valence-corrected chi connectivity index (χ4v) is 3.28. The minimum absolute atomic E-state index is 0.704. The van der Waals surface area contributed by atoms with E-state index in [1.54, 1.807) is 7.11 Å². The number of morpholine rings is 1. The lowest BCUT2D eigenvalue weighted by atomic mass is 10.1. The molecule has 1 N–H and O–H groups in total. The van der Waals surface area contributed by atoms with Crippen LogP contribution in [0.4, 0.5) is 0 Å². The maximum atomic E-state index is 5.72. The Balaban J connectivity index is 1.46. The van der Waals surface area contributed by atoms with Crippen LogP contribution in [0.5, 0.6) is 11.5 Å². The highest BCUT2D eigenvalue weighted by molar-refractivity contribution is 5.43. The first-order chi connectivity index (χ1) is 13.8. The van der Waals surface area contributed by atoms with Crippen LogP contribution in [0.3, 0.4) is 0 Å². The number of nitrogens with zero attached hydrogens (tertiary/aromatic N) is 1. The second-order valence-corrected chi connectivity index (χ2v) is 7.14. The number of ether oxygens (including phenoxy) is 3. The van der Waals surface area contributed by atoms with Crippen LogP contribution in [0, 0.1) is 0 Å². The monoisotopic (exact) mass is 384 g/mol. The summed E-state index contributed by atoms with van der Waals surface area (Å²) in [5.41, 5.74) is 3.84. The molecule has 28 heavy (non-hydrogen) atoms. The predicted molar refractivity (Wildman–Crippen MR) is 112 cm³/mol. The largest absolute Gasteiger partial charge is 0.493 e. The van der Waals surface area contributed by atoms with E-state index in [1.807, 2.05) is 12.1 Å². The Labute approximate surface area is 168 Å². The smallest absolute Gasteiger partial charge is 0.161 e. The third kappa shape index (κ3) is 6.23. The van der Waals surface area contributed by atoms with E-state index in [0.29, 0.717) is 6.61 Å². The highest BCUT2D eigenvalue weighted by atomic mass is 16.5. The SMILES string of the molecule is CCCOc1ccc(CNCc2ccc(CN3CCOCC3)cc2)cc1OC. The van der Waals surface area contributed by atoms with Crippen LogP contribution in [0.2, 0.25) is 0 Å². The van der Waals surface area contributed by atoms with Crippen molar-refractivity contribution in [3.05, 3.63) is 59.2 Å². The topological polar surface area (TPSA) is 43.0 Å². The molecule has 0 aromatic heterocycles. The lowest BCUT2D eigenvalue weighted by Gasteiger charge is -2.26. The highest BCUT2D eigenvalue weighted by Crippen LogP contribution is 2.28. The molecule has 3 rings (SSSR count). The van der Waals surface area contributed by atoms with Crippen molar-refractivity contribution in [2.24, 2.45) is 0 Å². The summed E-state index contributed by atoms with van der Waals surface area (Å²) < 4.78 is 16.6. The van der Waals surface area contributed by atoms with E-state index in [2.05, 4.69) is 47.5 Å². The summed E-state index contributed by atoms with van der Waals surface area (Å²) >= 11 is 0. The quantitative estimate of drug-likeness (QED) is 0.678. The van der Waals surface area contributed by atoms with Gasteiger partial charge in [0.05, 0.1) is 26.9 Å². The first-order valence-corrected chi connectivity index (χ1v) is 10.2. The molecule has 0 amide bonds. The van der Waals surface area contributed by atoms with Gasteiger partial charge < -0.3 is 19.5 Å². The molecule has 0 atom stereocenters. The maximum Gasteiger partial charge on any atom is 0.161 e. The van der Waals surface area contributed by atoms with Crippen molar-refractivity contribution < 1.29 is 14.2 Å². The second-order valence-electron chi connectivity index (χ2n) is 7.14. The van der Waals surface area contributed by atoms with E-state index < -0.39 is 0 Å². The highest BCUT2D eigenvalue weighted by Gasteiger charge is 2.10. The number of methoxy groups -OCH3 is 1. The van der Waals surface area contributed by atoms with Crippen LogP contribution >= 0.6 is 0 Å². The first-order valence-electron chi connectivity index (χ1n) is 10.2. The standard InChI is InChI=1S/C23H32N2O3/c1-3-12-28-22-9-8-21(15-23(22)26-2)17-24-16-19-4-6-20(7-5-19)18-25-10-13-27-14-11-25/h4-9,15,24H,3,10-14,16-18H2,1-2H3. The summed E-state index contributed by atoms with van der Waals surface area (Å²) in [6, 6.07) is 15.0. The molecule has 152 valence electrons. The Morgan fingerprint density at radius 2 is 1.61 bits per heavy atom. The summed E-state index contributed by atoms with van der Waals surface area (Å²) in [6.45, 7) is 9.17. The van der Waals surface area contributed by atoms with Gasteiger partial charge in [-0.1, -0.05) is 37.3 Å². The number of nitrogens with one attached hydrogen (secondary N) is 1. The summed E-state index contributed by atoms with van der Waals surface area (Å²) in [6.07, 6.45) is 0.984. The molecule has 0 radical (unpaired) electrons. The van der Waals surface area contributed by atoms with Crippen molar-refractivity contribution >= 4 is 0 Å². The molecule has 2 aromatic rings. The van der Waals surface area contributed by atoms with Gasteiger partial charge in [-0.25, -0.2) is 0 Å². The molecule has 0 saturated carbocycles. The van der Waals surface area contributed by atoms with Gasteiger partial charge in [0.15, 0.2) is 11.5 Å². The normalized spacial score (nSPS) is 14.8. The molecule has 1 heterocycles. The Morgan fingerprint density at radius 3 is 2.32 bits per heavy atom. The molecule has 1 fully saturated rings. The summed E-state index contributed by atoms with van der Waals surface area (Å²) in [4.78, 5) is 2.44. The van der Waals surface area contributed by atoms with Crippen molar-refractivity contribution in [3.63, 3.8) is 0 Å². The number of rotatable bonds is 10. The van der Waals surface area contributed by atoms with Gasteiger partial charge in [-0.05, 0) is 35.2 Å². The second kappa shape index (κ2) is 11.1. The molecule has 0 bridgehead atoms. The molecular formula is C23H32N2O3. The molecule has 1 aliphatic heterocycles. The molecule has 1 aliphatic rings. The van der Waals surface area contributed by atoms with E-state index in [0.717, 1.165) is 63.9 Å². The molecule has 5 heteroatoms. The van der Waals surface area contributed by atoms with Crippen molar-refractivity contribution in [1.29, 1.82) is 0 Å². The molecule has 0 aliphatic carbocycles. The fraction of sp³-hybridized carbons (Fsp3) is 0.478. The number of hydrogen-bond donors (Lipinski definition) is 1. The maximum absolute atomic E-state index is 5.72. The van der Waals surface area contributed by atoms with Gasteiger partial charge in [0, 0.05) is 32.7 Å². The Hall–Kier alpha value is -2.08. The van der Waals surface area contributed by atoms with Gasteiger partial charge in [0.2, 0.25) is 0 Å². The van der Waals surface area contributed by atoms with Crippen molar-refractivity contribution in [2.75, 3.05) is 40.0 Å². The van der Waals surface area contributed by atoms with Gasteiger partial charge in [0.1, 0.15) is 0 Å². The Kier molecular flexibility index (Phi) is 8.15. The van der Waals surface area contributed by atoms with Crippen LogP contribution in [0.1, 0.15) is 30.0 Å². The Bertz CT molecular complexity index is 712. The molecule has 0 unspecified atom stereocenters. The van der Waals surface area contributed by atoms with Crippen LogP contribution in [-0.2, 0) is 24.4 Å². The number of benzene rings is 2. The van der Waals surface area contributed by atoms with Gasteiger partial charge in [-0.15, -0.1) is 0 Å². The lowest BCUT2D eigenvalue weighted by Crippen LogP contribution is -2.35. The zero-order valence-electron chi connectivity index (χ0n) is 17.1.